The third-order valence-electron chi connectivity index (χ3n) is 2.78. The van der Waals surface area contributed by atoms with Gasteiger partial charge in [-0.2, -0.15) is 4.31 Å². The van der Waals surface area contributed by atoms with Gasteiger partial charge in [0, 0.05) is 13.1 Å². The zero-order chi connectivity index (χ0) is 13.6. The fourth-order valence-electron chi connectivity index (χ4n) is 2.06. The third-order valence-corrected chi connectivity index (χ3v) is 5.86. The predicted octanol–water partition coefficient (Wildman–Crippen LogP) is 0.248. The maximum Gasteiger partial charge on any atom is 0.245 e. The normalized spacial score (nSPS) is 18.8. The molecule has 0 fully saturated rings. The van der Waals surface area contributed by atoms with Crippen molar-refractivity contribution < 1.29 is 16.8 Å². The number of nitrogens with two attached hydrogens (primary N) is 1. The second kappa shape index (κ2) is 4.30. The van der Waals surface area contributed by atoms with E-state index in [0.29, 0.717) is 18.5 Å². The van der Waals surface area contributed by atoms with Crippen LogP contribution in [-0.4, -0.2) is 27.7 Å². The van der Waals surface area contributed by atoms with E-state index in [1.54, 1.807) is 6.07 Å². The van der Waals surface area contributed by atoms with Crippen molar-refractivity contribution in [2.24, 2.45) is 5.14 Å². The lowest BCUT2D eigenvalue weighted by molar-refractivity contribution is 0.424. The molecule has 0 saturated heterocycles. The number of hydrogen-bond acceptors (Lipinski definition) is 4. The fourth-order valence-corrected chi connectivity index (χ4v) is 5.15. The quantitative estimate of drug-likeness (QED) is 0.862. The number of benzene rings is 1. The van der Waals surface area contributed by atoms with Crippen LogP contribution >= 0.6 is 0 Å². The molecule has 1 aromatic rings. The van der Waals surface area contributed by atoms with Gasteiger partial charge >= 0.3 is 0 Å². The number of primary sulfonamides is 1. The Kier molecular flexibility index (Phi) is 3.22. The SMILES string of the molecule is CCCN1Cc2cccc(S(N)(=O)=O)c2S1(=O)=O. The van der Waals surface area contributed by atoms with E-state index in [1.165, 1.54) is 16.4 Å². The average Bonchev–Trinajstić information content (AvgIpc) is 2.50. The lowest BCUT2D eigenvalue weighted by Crippen LogP contribution is -2.26. The lowest BCUT2D eigenvalue weighted by Gasteiger charge is -2.13. The highest BCUT2D eigenvalue weighted by Crippen LogP contribution is 2.34. The monoisotopic (exact) mass is 290 g/mol. The summed E-state index contributed by atoms with van der Waals surface area (Å²) < 4.78 is 48.6. The molecule has 18 heavy (non-hydrogen) atoms. The highest BCUT2D eigenvalue weighted by molar-refractivity contribution is 7.92. The summed E-state index contributed by atoms with van der Waals surface area (Å²) in [6.45, 7) is 2.43. The Bertz CT molecular complexity index is 680. The summed E-state index contributed by atoms with van der Waals surface area (Å²) in [5, 5.41) is 5.06. The molecule has 0 saturated carbocycles. The van der Waals surface area contributed by atoms with Crippen molar-refractivity contribution in [3.05, 3.63) is 23.8 Å². The number of rotatable bonds is 3. The van der Waals surface area contributed by atoms with Gasteiger partial charge in [0.25, 0.3) is 0 Å². The standard InChI is InChI=1S/C10H14N2O4S2/c1-2-6-12-7-8-4-3-5-9(17(11,13)14)10(8)18(12,15)16/h3-5H,2,6-7H2,1H3,(H2,11,13,14). The van der Waals surface area contributed by atoms with Gasteiger partial charge in [-0.25, -0.2) is 22.0 Å². The first-order valence-electron chi connectivity index (χ1n) is 5.43. The first-order chi connectivity index (χ1) is 8.28. The van der Waals surface area contributed by atoms with Crippen LogP contribution in [0.5, 0.6) is 0 Å². The van der Waals surface area contributed by atoms with E-state index in [1.807, 2.05) is 6.92 Å². The molecule has 2 rings (SSSR count). The van der Waals surface area contributed by atoms with Crippen molar-refractivity contribution in [3.8, 4) is 0 Å². The van der Waals surface area contributed by atoms with Gasteiger partial charge in [0.05, 0.1) is 0 Å². The summed E-state index contributed by atoms with van der Waals surface area (Å²) in [6.07, 6.45) is 0.665. The van der Waals surface area contributed by atoms with Gasteiger partial charge in [-0.05, 0) is 18.1 Å². The Labute approximate surface area is 107 Å². The Hall–Kier alpha value is -0.960. The number of sulfonamides is 2. The van der Waals surface area contributed by atoms with Gasteiger partial charge in [0.2, 0.25) is 20.0 Å². The van der Waals surface area contributed by atoms with Crippen LogP contribution < -0.4 is 5.14 Å². The van der Waals surface area contributed by atoms with Crippen LogP contribution in [0.25, 0.3) is 0 Å². The summed E-state index contributed by atoms with van der Waals surface area (Å²) in [7, 11) is -7.79. The maximum atomic E-state index is 12.2. The molecule has 0 bridgehead atoms. The van der Waals surface area contributed by atoms with E-state index in [9.17, 15) is 16.8 Å². The second-order valence-electron chi connectivity index (χ2n) is 4.13. The minimum Gasteiger partial charge on any atom is -0.225 e. The fraction of sp³-hybridized carbons (Fsp3) is 0.400. The maximum absolute atomic E-state index is 12.2. The van der Waals surface area contributed by atoms with E-state index in [0.717, 1.165) is 0 Å². The Morgan fingerprint density at radius 3 is 2.61 bits per heavy atom. The third kappa shape index (κ3) is 2.05. The molecule has 0 aliphatic carbocycles. The van der Waals surface area contributed by atoms with E-state index in [2.05, 4.69) is 0 Å². The molecule has 0 amide bonds. The average molecular weight is 290 g/mol. The van der Waals surface area contributed by atoms with E-state index < -0.39 is 20.0 Å². The highest BCUT2D eigenvalue weighted by atomic mass is 32.2. The molecular weight excluding hydrogens is 276 g/mol. The van der Waals surface area contributed by atoms with Gasteiger partial charge in [-0.1, -0.05) is 19.1 Å². The summed E-state index contributed by atoms with van der Waals surface area (Å²) >= 11 is 0. The number of hydrogen-bond donors (Lipinski definition) is 1. The van der Waals surface area contributed by atoms with E-state index in [-0.39, 0.29) is 16.3 Å². The molecular formula is C10H14N2O4S2. The first kappa shape index (κ1) is 13.5. The highest BCUT2D eigenvalue weighted by Gasteiger charge is 2.38. The van der Waals surface area contributed by atoms with E-state index in [4.69, 9.17) is 5.14 Å². The Balaban J connectivity index is 2.69. The molecule has 1 aliphatic rings. The predicted molar refractivity (Wildman–Crippen MR) is 65.7 cm³/mol. The molecule has 8 heteroatoms. The summed E-state index contributed by atoms with van der Waals surface area (Å²) in [5.41, 5.74) is 0.481. The van der Waals surface area contributed by atoms with Crippen LogP contribution in [-0.2, 0) is 26.6 Å². The zero-order valence-corrected chi connectivity index (χ0v) is 11.5. The molecule has 0 spiro atoms. The molecule has 1 aromatic carbocycles. The molecule has 0 atom stereocenters. The zero-order valence-electron chi connectivity index (χ0n) is 9.83. The first-order valence-corrected chi connectivity index (χ1v) is 8.42. The van der Waals surface area contributed by atoms with Crippen molar-refractivity contribution in [1.29, 1.82) is 0 Å². The molecule has 6 nitrogen and oxygen atoms in total. The van der Waals surface area contributed by atoms with Gasteiger partial charge in [-0.15, -0.1) is 0 Å². The molecule has 1 aliphatic heterocycles. The van der Waals surface area contributed by atoms with Crippen LogP contribution in [0.1, 0.15) is 18.9 Å². The number of nitrogens with zero attached hydrogens (tertiary/aromatic N) is 1. The van der Waals surface area contributed by atoms with Crippen molar-refractivity contribution in [2.45, 2.75) is 29.7 Å². The molecule has 2 N–H and O–H groups in total. The van der Waals surface area contributed by atoms with Crippen molar-refractivity contribution >= 4 is 20.0 Å². The lowest BCUT2D eigenvalue weighted by atomic mass is 10.2. The minimum absolute atomic E-state index is 0.166. The molecule has 0 aromatic heterocycles. The largest absolute Gasteiger partial charge is 0.245 e. The van der Waals surface area contributed by atoms with Crippen molar-refractivity contribution in [1.82, 2.24) is 4.31 Å². The van der Waals surface area contributed by atoms with Crippen LogP contribution in [0.3, 0.4) is 0 Å². The molecule has 0 unspecified atom stereocenters. The smallest absolute Gasteiger partial charge is 0.225 e. The van der Waals surface area contributed by atoms with Gasteiger partial charge in [-0.3, -0.25) is 0 Å². The summed E-state index contributed by atoms with van der Waals surface area (Å²) in [5.74, 6) is 0. The van der Waals surface area contributed by atoms with Crippen LogP contribution in [0.2, 0.25) is 0 Å². The summed E-state index contributed by atoms with van der Waals surface area (Å²) in [4.78, 5) is -0.487. The van der Waals surface area contributed by atoms with Crippen molar-refractivity contribution in [2.75, 3.05) is 6.54 Å². The summed E-state index contributed by atoms with van der Waals surface area (Å²) in [6, 6.07) is 4.34. The Morgan fingerprint density at radius 1 is 1.39 bits per heavy atom. The molecule has 0 radical (unpaired) electrons. The van der Waals surface area contributed by atoms with E-state index >= 15 is 0 Å². The van der Waals surface area contributed by atoms with Crippen molar-refractivity contribution in [3.63, 3.8) is 0 Å². The minimum atomic E-state index is -4.04. The molecule has 1 heterocycles. The van der Waals surface area contributed by atoms with Crippen LogP contribution in [0, 0.1) is 0 Å². The van der Waals surface area contributed by atoms with Gasteiger partial charge in [0.15, 0.2) is 0 Å². The van der Waals surface area contributed by atoms with Gasteiger partial charge in [0.1, 0.15) is 9.79 Å². The number of fused-ring (bicyclic) bond motifs is 1. The van der Waals surface area contributed by atoms with Gasteiger partial charge < -0.3 is 0 Å². The molecule has 100 valence electrons. The Morgan fingerprint density at radius 2 is 2.06 bits per heavy atom. The second-order valence-corrected chi connectivity index (χ2v) is 7.53. The van der Waals surface area contributed by atoms with Crippen LogP contribution in [0.4, 0.5) is 0 Å². The topological polar surface area (TPSA) is 97.5 Å². The van der Waals surface area contributed by atoms with Crippen LogP contribution in [0.15, 0.2) is 28.0 Å².